The summed E-state index contributed by atoms with van der Waals surface area (Å²) in [6.07, 6.45) is -0.338. The van der Waals surface area contributed by atoms with Crippen LogP contribution in [0.4, 0.5) is 0 Å². The third-order valence-corrected chi connectivity index (χ3v) is 2.75. The van der Waals surface area contributed by atoms with Crippen molar-refractivity contribution in [3.8, 4) is 0 Å². The van der Waals surface area contributed by atoms with Gasteiger partial charge in [-0.25, -0.2) is 0 Å². The average molecular weight is 224 g/mol. The second-order valence-electron chi connectivity index (χ2n) is 3.95. The number of hydrogen-bond donors (Lipinski definition) is 1. The van der Waals surface area contributed by atoms with Crippen LogP contribution in [-0.4, -0.2) is 15.8 Å². The molecule has 1 aromatic carbocycles. The Bertz CT molecular complexity index is 488. The van der Waals surface area contributed by atoms with Gasteiger partial charge in [-0.1, -0.05) is 11.6 Å². The first kappa shape index (κ1) is 10.5. The molecule has 15 heavy (non-hydrogen) atoms. The monoisotopic (exact) mass is 223 g/mol. The summed E-state index contributed by atoms with van der Waals surface area (Å²) in [6.45, 7) is 4.45. The van der Waals surface area contributed by atoms with Gasteiger partial charge in [-0.15, -0.1) is 0 Å². The minimum absolute atomic E-state index is 0.338. The van der Waals surface area contributed by atoms with Gasteiger partial charge in [0.05, 0.1) is 6.10 Å². The first-order valence-electron chi connectivity index (χ1n) is 5.01. The zero-order valence-corrected chi connectivity index (χ0v) is 9.62. The highest BCUT2D eigenvalue weighted by Crippen LogP contribution is 2.23. The van der Waals surface area contributed by atoms with Crippen LogP contribution in [0.1, 0.15) is 12.6 Å². The van der Waals surface area contributed by atoms with Crippen LogP contribution in [0, 0.1) is 6.92 Å². The van der Waals surface area contributed by atoms with E-state index in [2.05, 4.69) is 10.6 Å². The molecular formula is C12H14ClNO. The Hall–Kier alpha value is -0.990. The summed E-state index contributed by atoms with van der Waals surface area (Å²) >= 11 is 5.93. The molecule has 1 heterocycles. The van der Waals surface area contributed by atoms with Crippen LogP contribution in [-0.2, 0) is 6.54 Å². The van der Waals surface area contributed by atoms with Gasteiger partial charge in [0, 0.05) is 28.2 Å². The molecule has 0 saturated heterocycles. The highest BCUT2D eigenvalue weighted by atomic mass is 35.5. The lowest BCUT2D eigenvalue weighted by Gasteiger charge is -2.10. The molecule has 0 fully saturated rings. The molecule has 0 bridgehead atoms. The van der Waals surface area contributed by atoms with E-state index in [1.165, 1.54) is 0 Å². The van der Waals surface area contributed by atoms with Crippen LogP contribution in [0.2, 0.25) is 5.02 Å². The Labute approximate surface area is 94.1 Å². The lowest BCUT2D eigenvalue weighted by atomic mass is 10.2. The van der Waals surface area contributed by atoms with Gasteiger partial charge in [-0.2, -0.15) is 0 Å². The Morgan fingerprint density at radius 3 is 2.80 bits per heavy atom. The first-order chi connectivity index (χ1) is 7.08. The number of aliphatic hydroxyl groups is 1. The zero-order valence-electron chi connectivity index (χ0n) is 8.87. The number of benzene rings is 1. The number of nitrogens with zero attached hydrogens (tertiary/aromatic N) is 1. The van der Waals surface area contributed by atoms with Crippen LogP contribution in [0.3, 0.4) is 0 Å². The molecule has 0 spiro atoms. The molecule has 2 aromatic rings. The lowest BCUT2D eigenvalue weighted by molar-refractivity contribution is 0.174. The van der Waals surface area contributed by atoms with Crippen LogP contribution < -0.4 is 0 Å². The van der Waals surface area contributed by atoms with E-state index in [1.54, 1.807) is 6.92 Å². The molecule has 0 unspecified atom stereocenters. The highest BCUT2D eigenvalue weighted by molar-refractivity contribution is 6.31. The molecule has 1 aromatic heterocycles. The van der Waals surface area contributed by atoms with E-state index < -0.39 is 0 Å². The number of aryl methyl sites for hydroxylation is 1. The number of aliphatic hydroxyl groups excluding tert-OH is 1. The maximum absolute atomic E-state index is 9.42. The van der Waals surface area contributed by atoms with Gasteiger partial charge in [0.25, 0.3) is 0 Å². The topological polar surface area (TPSA) is 25.2 Å². The predicted octanol–water partition coefficient (Wildman–Crippen LogP) is 2.98. The molecule has 0 aliphatic rings. The molecule has 1 N–H and O–H groups in total. The van der Waals surface area contributed by atoms with Gasteiger partial charge in [0.2, 0.25) is 0 Å². The van der Waals surface area contributed by atoms with Crippen molar-refractivity contribution >= 4 is 22.5 Å². The first-order valence-corrected chi connectivity index (χ1v) is 5.39. The van der Waals surface area contributed by atoms with Crippen molar-refractivity contribution in [2.24, 2.45) is 0 Å². The largest absolute Gasteiger partial charge is 0.392 e. The van der Waals surface area contributed by atoms with Crippen LogP contribution >= 0.6 is 11.6 Å². The Morgan fingerprint density at radius 2 is 2.13 bits per heavy atom. The van der Waals surface area contributed by atoms with E-state index in [0.717, 1.165) is 21.6 Å². The fourth-order valence-corrected chi connectivity index (χ4v) is 2.07. The molecule has 0 amide bonds. The summed E-state index contributed by atoms with van der Waals surface area (Å²) in [5.41, 5.74) is 2.27. The van der Waals surface area contributed by atoms with Crippen molar-refractivity contribution in [1.82, 2.24) is 4.57 Å². The molecule has 0 aliphatic heterocycles. The fourth-order valence-electron chi connectivity index (χ4n) is 1.89. The third-order valence-electron chi connectivity index (χ3n) is 2.52. The highest BCUT2D eigenvalue weighted by Gasteiger charge is 2.07. The maximum atomic E-state index is 9.42. The van der Waals surface area contributed by atoms with E-state index in [-0.39, 0.29) is 6.10 Å². The Morgan fingerprint density at radius 1 is 1.40 bits per heavy atom. The maximum Gasteiger partial charge on any atom is 0.0691 e. The van der Waals surface area contributed by atoms with E-state index in [0.29, 0.717) is 6.54 Å². The number of halogens is 1. The third kappa shape index (κ3) is 2.01. The average Bonchev–Trinajstić information content (AvgIpc) is 2.41. The van der Waals surface area contributed by atoms with Crippen molar-refractivity contribution in [3.05, 3.63) is 35.0 Å². The predicted molar refractivity (Wildman–Crippen MR) is 63.4 cm³/mol. The Kier molecular flexibility index (Phi) is 2.72. The number of hydrogen-bond acceptors (Lipinski definition) is 1. The second-order valence-corrected chi connectivity index (χ2v) is 4.38. The summed E-state index contributed by atoms with van der Waals surface area (Å²) in [7, 11) is 0. The molecule has 3 heteroatoms. The van der Waals surface area contributed by atoms with E-state index >= 15 is 0 Å². The van der Waals surface area contributed by atoms with Crippen molar-refractivity contribution < 1.29 is 5.11 Å². The van der Waals surface area contributed by atoms with Gasteiger partial charge < -0.3 is 9.67 Å². The van der Waals surface area contributed by atoms with Crippen molar-refractivity contribution in [2.45, 2.75) is 26.5 Å². The summed E-state index contributed by atoms with van der Waals surface area (Å²) in [5, 5.41) is 11.3. The molecule has 2 nitrogen and oxygen atoms in total. The summed E-state index contributed by atoms with van der Waals surface area (Å²) < 4.78 is 2.11. The van der Waals surface area contributed by atoms with E-state index in [9.17, 15) is 5.11 Å². The van der Waals surface area contributed by atoms with Gasteiger partial charge >= 0.3 is 0 Å². The SMILES string of the molecule is Cc1cc2cc(Cl)ccc2n1C[C@H](C)O. The quantitative estimate of drug-likeness (QED) is 0.832. The van der Waals surface area contributed by atoms with Gasteiger partial charge in [-0.3, -0.25) is 0 Å². The van der Waals surface area contributed by atoms with Gasteiger partial charge in [0.1, 0.15) is 0 Å². The zero-order chi connectivity index (χ0) is 11.0. The van der Waals surface area contributed by atoms with E-state index in [4.69, 9.17) is 11.6 Å². The van der Waals surface area contributed by atoms with Gasteiger partial charge in [-0.05, 0) is 38.1 Å². The molecule has 80 valence electrons. The second kappa shape index (κ2) is 3.87. The molecule has 2 rings (SSSR count). The van der Waals surface area contributed by atoms with Gasteiger partial charge in [0.15, 0.2) is 0 Å². The van der Waals surface area contributed by atoms with Crippen LogP contribution in [0.5, 0.6) is 0 Å². The smallest absolute Gasteiger partial charge is 0.0691 e. The lowest BCUT2D eigenvalue weighted by Crippen LogP contribution is -2.12. The fraction of sp³-hybridized carbons (Fsp3) is 0.333. The molecule has 0 aliphatic carbocycles. The minimum Gasteiger partial charge on any atom is -0.392 e. The molecule has 0 saturated carbocycles. The normalized spacial score (nSPS) is 13.3. The standard InChI is InChI=1S/C12H14ClNO/c1-8-5-10-6-11(13)3-4-12(10)14(8)7-9(2)15/h3-6,9,15H,7H2,1-2H3/t9-/m0/s1. The van der Waals surface area contributed by atoms with Crippen LogP contribution in [0.15, 0.2) is 24.3 Å². The minimum atomic E-state index is -0.338. The van der Waals surface area contributed by atoms with Crippen molar-refractivity contribution in [2.75, 3.05) is 0 Å². The summed E-state index contributed by atoms with van der Waals surface area (Å²) in [5.74, 6) is 0. The Balaban J connectivity index is 2.58. The van der Waals surface area contributed by atoms with Crippen molar-refractivity contribution in [3.63, 3.8) is 0 Å². The van der Waals surface area contributed by atoms with Crippen molar-refractivity contribution in [1.29, 1.82) is 0 Å². The number of rotatable bonds is 2. The molecule has 0 radical (unpaired) electrons. The molecular weight excluding hydrogens is 210 g/mol. The number of fused-ring (bicyclic) bond motifs is 1. The van der Waals surface area contributed by atoms with Crippen LogP contribution in [0.25, 0.3) is 10.9 Å². The summed E-state index contributed by atoms with van der Waals surface area (Å²) in [6, 6.07) is 7.90. The molecule has 1 atom stereocenters. The van der Waals surface area contributed by atoms with E-state index in [1.807, 2.05) is 25.1 Å². The number of aromatic nitrogens is 1. The summed E-state index contributed by atoms with van der Waals surface area (Å²) in [4.78, 5) is 0.